The molecule has 2 aromatic rings. The van der Waals surface area contributed by atoms with E-state index in [1.54, 1.807) is 30.3 Å². The molecule has 0 radical (unpaired) electrons. The zero-order chi connectivity index (χ0) is 24.8. The van der Waals surface area contributed by atoms with E-state index in [9.17, 15) is 18.0 Å². The number of amides is 1. The SMILES string of the molecule is CC(C)(C)OC(=O)NCCc1ccc(OCC(=O)c2cccc(S(=O)(=O)C3CCCC3)c2)cc1. The average Bonchev–Trinajstić information content (AvgIpc) is 3.33. The fraction of sp³-hybridized carbons (Fsp3) is 0.462. The highest BCUT2D eigenvalue weighted by Crippen LogP contribution is 2.30. The first-order valence-corrected chi connectivity index (χ1v) is 13.1. The van der Waals surface area contributed by atoms with Gasteiger partial charge in [0.25, 0.3) is 0 Å². The molecule has 0 bridgehead atoms. The normalized spacial score (nSPS) is 14.6. The maximum absolute atomic E-state index is 12.8. The summed E-state index contributed by atoms with van der Waals surface area (Å²) in [7, 11) is -3.42. The predicted molar refractivity (Wildman–Crippen MR) is 130 cm³/mol. The van der Waals surface area contributed by atoms with E-state index in [0.717, 1.165) is 18.4 Å². The van der Waals surface area contributed by atoms with Gasteiger partial charge in [-0.25, -0.2) is 13.2 Å². The Balaban J connectivity index is 1.50. The van der Waals surface area contributed by atoms with Crippen LogP contribution in [0.2, 0.25) is 0 Å². The van der Waals surface area contributed by atoms with Gasteiger partial charge in [-0.3, -0.25) is 4.79 Å². The van der Waals surface area contributed by atoms with Gasteiger partial charge in [0.1, 0.15) is 11.4 Å². The summed E-state index contributed by atoms with van der Waals surface area (Å²) in [6, 6.07) is 13.5. The molecule has 0 saturated heterocycles. The Bertz CT molecular complexity index is 1100. The summed E-state index contributed by atoms with van der Waals surface area (Å²) in [4.78, 5) is 24.5. The molecule has 3 rings (SSSR count). The van der Waals surface area contributed by atoms with E-state index >= 15 is 0 Å². The highest BCUT2D eigenvalue weighted by Gasteiger charge is 2.30. The lowest BCUT2D eigenvalue weighted by atomic mass is 10.1. The van der Waals surface area contributed by atoms with Gasteiger partial charge in [-0.1, -0.05) is 37.1 Å². The molecule has 2 aromatic carbocycles. The molecule has 0 atom stereocenters. The molecule has 1 aliphatic carbocycles. The third kappa shape index (κ3) is 7.32. The van der Waals surface area contributed by atoms with Gasteiger partial charge in [-0.05, 0) is 69.9 Å². The molecule has 0 aliphatic heterocycles. The monoisotopic (exact) mass is 487 g/mol. The number of ketones is 1. The summed E-state index contributed by atoms with van der Waals surface area (Å²) in [6.07, 6.45) is 3.38. The van der Waals surface area contributed by atoms with Crippen LogP contribution in [-0.2, 0) is 21.0 Å². The Morgan fingerprint density at radius 2 is 1.71 bits per heavy atom. The number of rotatable bonds is 9. The quantitative estimate of drug-likeness (QED) is 0.514. The second-order valence-corrected chi connectivity index (χ2v) is 11.7. The molecule has 1 aliphatic rings. The summed E-state index contributed by atoms with van der Waals surface area (Å²) in [6.45, 7) is 5.68. The Morgan fingerprint density at radius 1 is 1.03 bits per heavy atom. The molecule has 1 fully saturated rings. The summed E-state index contributed by atoms with van der Waals surface area (Å²) >= 11 is 0. The van der Waals surface area contributed by atoms with Gasteiger partial charge in [0.2, 0.25) is 0 Å². The molecule has 0 unspecified atom stereocenters. The largest absolute Gasteiger partial charge is 0.485 e. The Labute approximate surface area is 201 Å². The number of Topliss-reactive ketones (excluding diaryl/α,β-unsaturated/α-hetero) is 1. The lowest BCUT2D eigenvalue weighted by Crippen LogP contribution is -2.33. The Hall–Kier alpha value is -2.87. The molecule has 0 spiro atoms. The van der Waals surface area contributed by atoms with Crippen LogP contribution in [0.25, 0.3) is 0 Å². The minimum atomic E-state index is -3.42. The first-order chi connectivity index (χ1) is 16.0. The predicted octanol–water partition coefficient (Wildman–Crippen LogP) is 4.73. The van der Waals surface area contributed by atoms with E-state index in [4.69, 9.17) is 9.47 Å². The highest BCUT2D eigenvalue weighted by atomic mass is 32.2. The number of carbonyl (C=O) groups is 2. The number of nitrogens with one attached hydrogen (secondary N) is 1. The van der Waals surface area contributed by atoms with Crippen molar-refractivity contribution in [2.45, 2.75) is 68.6 Å². The zero-order valence-corrected chi connectivity index (χ0v) is 20.8. The minimum absolute atomic E-state index is 0.188. The number of alkyl carbamates (subject to hydrolysis) is 1. The van der Waals surface area contributed by atoms with Crippen molar-refractivity contribution < 1.29 is 27.5 Å². The van der Waals surface area contributed by atoms with Crippen molar-refractivity contribution in [3.05, 3.63) is 59.7 Å². The van der Waals surface area contributed by atoms with E-state index in [-0.39, 0.29) is 22.5 Å². The summed E-state index contributed by atoms with van der Waals surface area (Å²) < 4.78 is 36.5. The molecular formula is C26H33NO6S. The third-order valence-electron chi connectivity index (χ3n) is 5.60. The van der Waals surface area contributed by atoms with Crippen molar-refractivity contribution in [3.63, 3.8) is 0 Å². The van der Waals surface area contributed by atoms with Gasteiger partial charge in [0, 0.05) is 12.1 Å². The van der Waals surface area contributed by atoms with Crippen molar-refractivity contribution in [2.75, 3.05) is 13.2 Å². The molecule has 1 amide bonds. The number of carbonyl (C=O) groups excluding carboxylic acids is 2. The maximum Gasteiger partial charge on any atom is 0.407 e. The van der Waals surface area contributed by atoms with Crippen molar-refractivity contribution in [2.24, 2.45) is 0 Å². The van der Waals surface area contributed by atoms with Crippen LogP contribution >= 0.6 is 0 Å². The van der Waals surface area contributed by atoms with Crippen molar-refractivity contribution in [3.8, 4) is 5.75 Å². The van der Waals surface area contributed by atoms with E-state index in [1.165, 1.54) is 6.07 Å². The highest BCUT2D eigenvalue weighted by molar-refractivity contribution is 7.92. The van der Waals surface area contributed by atoms with Gasteiger partial charge >= 0.3 is 6.09 Å². The topological polar surface area (TPSA) is 98.8 Å². The molecule has 1 N–H and O–H groups in total. The number of sulfone groups is 1. The van der Waals surface area contributed by atoms with Crippen molar-refractivity contribution in [1.29, 1.82) is 0 Å². The second-order valence-electron chi connectivity index (χ2n) is 9.51. The molecule has 0 aromatic heterocycles. The summed E-state index contributed by atoms with van der Waals surface area (Å²) in [5.74, 6) is 0.251. The Kier molecular flexibility index (Phi) is 8.36. The van der Waals surface area contributed by atoms with Gasteiger partial charge in [0.15, 0.2) is 22.2 Å². The molecule has 8 heteroatoms. The first-order valence-electron chi connectivity index (χ1n) is 11.6. The van der Waals surface area contributed by atoms with Crippen LogP contribution < -0.4 is 10.1 Å². The van der Waals surface area contributed by atoms with Gasteiger partial charge in [-0.2, -0.15) is 0 Å². The zero-order valence-electron chi connectivity index (χ0n) is 20.0. The first kappa shape index (κ1) is 25.7. The van der Waals surface area contributed by atoms with E-state index in [2.05, 4.69) is 5.32 Å². The van der Waals surface area contributed by atoms with Crippen LogP contribution in [0.3, 0.4) is 0 Å². The fourth-order valence-electron chi connectivity index (χ4n) is 3.85. The standard InChI is InChI=1S/C26H33NO6S/c1-26(2,3)33-25(29)27-16-15-19-11-13-21(14-12-19)32-18-24(28)20-7-6-10-23(17-20)34(30,31)22-8-4-5-9-22/h6-7,10-14,17,22H,4-5,8-9,15-16,18H2,1-3H3,(H,27,29). The maximum atomic E-state index is 12.8. The minimum Gasteiger partial charge on any atom is -0.485 e. The molecule has 184 valence electrons. The van der Waals surface area contributed by atoms with Crippen LogP contribution in [0.15, 0.2) is 53.4 Å². The average molecular weight is 488 g/mol. The fourth-order valence-corrected chi connectivity index (χ4v) is 5.74. The third-order valence-corrected chi connectivity index (χ3v) is 7.86. The van der Waals surface area contributed by atoms with E-state index in [0.29, 0.717) is 37.1 Å². The van der Waals surface area contributed by atoms with Gasteiger partial charge in [0.05, 0.1) is 10.1 Å². The molecule has 0 heterocycles. The van der Waals surface area contributed by atoms with Crippen LogP contribution in [0.4, 0.5) is 4.79 Å². The summed E-state index contributed by atoms with van der Waals surface area (Å²) in [5.41, 5.74) is 0.787. The number of benzene rings is 2. The number of hydrogen-bond donors (Lipinski definition) is 1. The molecule has 1 saturated carbocycles. The van der Waals surface area contributed by atoms with Gasteiger partial charge < -0.3 is 14.8 Å². The lowest BCUT2D eigenvalue weighted by molar-refractivity contribution is 0.0528. The van der Waals surface area contributed by atoms with Gasteiger partial charge in [-0.15, -0.1) is 0 Å². The van der Waals surface area contributed by atoms with Crippen LogP contribution in [0.1, 0.15) is 62.4 Å². The van der Waals surface area contributed by atoms with E-state index in [1.807, 2.05) is 32.9 Å². The number of hydrogen-bond acceptors (Lipinski definition) is 6. The second kappa shape index (κ2) is 11.0. The van der Waals surface area contributed by atoms with Crippen LogP contribution in [0, 0.1) is 0 Å². The number of ether oxygens (including phenoxy) is 2. The molecule has 7 nitrogen and oxygen atoms in total. The molecular weight excluding hydrogens is 454 g/mol. The summed E-state index contributed by atoms with van der Waals surface area (Å²) in [5, 5.41) is 2.36. The lowest BCUT2D eigenvalue weighted by Gasteiger charge is -2.19. The van der Waals surface area contributed by atoms with Crippen LogP contribution in [0.5, 0.6) is 5.75 Å². The van der Waals surface area contributed by atoms with Crippen molar-refractivity contribution >= 4 is 21.7 Å². The van der Waals surface area contributed by atoms with Crippen molar-refractivity contribution in [1.82, 2.24) is 5.32 Å². The van der Waals surface area contributed by atoms with Crippen LogP contribution in [-0.4, -0.2) is 44.3 Å². The van der Waals surface area contributed by atoms with E-state index < -0.39 is 21.5 Å². The smallest absolute Gasteiger partial charge is 0.407 e. The Morgan fingerprint density at radius 3 is 2.35 bits per heavy atom. The molecule has 34 heavy (non-hydrogen) atoms.